The van der Waals surface area contributed by atoms with Crippen LogP contribution in [0.1, 0.15) is 26.5 Å². The van der Waals surface area contributed by atoms with Crippen LogP contribution < -0.4 is 4.74 Å². The van der Waals surface area contributed by atoms with Crippen molar-refractivity contribution in [3.8, 4) is 5.75 Å². The lowest BCUT2D eigenvalue weighted by molar-refractivity contribution is -0.0163. The molecule has 4 heteroatoms. The molecule has 1 N–H and O–H groups in total. The van der Waals surface area contributed by atoms with Crippen molar-refractivity contribution in [1.29, 1.82) is 0 Å². The SMILES string of the molecule is CC(C)(C)OCCOc1ccc(CO)nc1. The Bertz CT molecular complexity index is 303. The van der Waals surface area contributed by atoms with E-state index in [4.69, 9.17) is 14.6 Å². The molecule has 0 aromatic carbocycles. The Balaban J connectivity index is 2.27. The van der Waals surface area contributed by atoms with Crippen LogP contribution in [-0.2, 0) is 11.3 Å². The summed E-state index contributed by atoms with van der Waals surface area (Å²) >= 11 is 0. The van der Waals surface area contributed by atoms with Crippen LogP contribution in [0.25, 0.3) is 0 Å². The van der Waals surface area contributed by atoms with E-state index in [1.807, 2.05) is 20.8 Å². The average molecular weight is 225 g/mol. The molecule has 90 valence electrons. The summed E-state index contributed by atoms with van der Waals surface area (Å²) in [7, 11) is 0. The first-order chi connectivity index (χ1) is 7.51. The maximum absolute atomic E-state index is 8.81. The van der Waals surface area contributed by atoms with Crippen molar-refractivity contribution in [2.45, 2.75) is 33.0 Å². The van der Waals surface area contributed by atoms with Gasteiger partial charge in [0, 0.05) is 0 Å². The van der Waals surface area contributed by atoms with E-state index in [2.05, 4.69) is 4.98 Å². The number of hydrogen-bond donors (Lipinski definition) is 1. The second-order valence-corrected chi connectivity index (χ2v) is 4.45. The maximum atomic E-state index is 8.81. The lowest BCUT2D eigenvalue weighted by Gasteiger charge is -2.19. The molecule has 1 aromatic rings. The number of nitrogens with zero attached hydrogens (tertiary/aromatic N) is 1. The summed E-state index contributed by atoms with van der Waals surface area (Å²) < 4.78 is 10.9. The van der Waals surface area contributed by atoms with E-state index < -0.39 is 0 Å². The standard InChI is InChI=1S/C12H19NO3/c1-12(2,3)16-7-6-15-11-5-4-10(9-14)13-8-11/h4-5,8,14H,6-7,9H2,1-3H3. The fourth-order valence-electron chi connectivity index (χ4n) is 1.10. The average Bonchev–Trinajstić information content (AvgIpc) is 2.24. The third kappa shape index (κ3) is 5.09. The predicted molar refractivity (Wildman–Crippen MR) is 61.4 cm³/mol. The molecule has 0 saturated carbocycles. The van der Waals surface area contributed by atoms with Crippen LogP contribution in [0.4, 0.5) is 0 Å². The molecule has 0 atom stereocenters. The van der Waals surface area contributed by atoms with E-state index in [-0.39, 0.29) is 12.2 Å². The van der Waals surface area contributed by atoms with Gasteiger partial charge in [0.25, 0.3) is 0 Å². The van der Waals surface area contributed by atoms with Gasteiger partial charge < -0.3 is 14.6 Å². The number of pyridine rings is 1. The zero-order valence-corrected chi connectivity index (χ0v) is 10.1. The Morgan fingerprint density at radius 2 is 2.00 bits per heavy atom. The molecule has 4 nitrogen and oxygen atoms in total. The van der Waals surface area contributed by atoms with E-state index in [0.29, 0.717) is 24.7 Å². The van der Waals surface area contributed by atoms with E-state index in [1.54, 1.807) is 18.3 Å². The van der Waals surface area contributed by atoms with Crippen LogP contribution in [0, 0.1) is 0 Å². The molecule has 16 heavy (non-hydrogen) atoms. The van der Waals surface area contributed by atoms with Crippen LogP contribution in [0.2, 0.25) is 0 Å². The number of aromatic nitrogens is 1. The van der Waals surface area contributed by atoms with Gasteiger partial charge in [-0.05, 0) is 32.9 Å². The highest BCUT2D eigenvalue weighted by atomic mass is 16.5. The molecule has 0 aliphatic carbocycles. The summed E-state index contributed by atoms with van der Waals surface area (Å²) in [5, 5.41) is 8.81. The zero-order valence-electron chi connectivity index (χ0n) is 10.1. The fraction of sp³-hybridized carbons (Fsp3) is 0.583. The van der Waals surface area contributed by atoms with E-state index >= 15 is 0 Å². The van der Waals surface area contributed by atoms with Gasteiger partial charge in [0.15, 0.2) is 0 Å². The number of hydrogen-bond acceptors (Lipinski definition) is 4. The molecule has 0 fully saturated rings. The van der Waals surface area contributed by atoms with Gasteiger partial charge in [-0.25, -0.2) is 0 Å². The summed E-state index contributed by atoms with van der Waals surface area (Å²) in [4.78, 5) is 4.01. The highest BCUT2D eigenvalue weighted by Crippen LogP contribution is 2.10. The molecule has 0 spiro atoms. The van der Waals surface area contributed by atoms with Gasteiger partial charge in [-0.3, -0.25) is 4.98 Å². The van der Waals surface area contributed by atoms with Crippen molar-refractivity contribution >= 4 is 0 Å². The van der Waals surface area contributed by atoms with Gasteiger partial charge in [-0.1, -0.05) is 0 Å². The Kier molecular flexibility index (Phi) is 4.71. The topological polar surface area (TPSA) is 51.6 Å². The van der Waals surface area contributed by atoms with Gasteiger partial charge in [-0.2, -0.15) is 0 Å². The van der Waals surface area contributed by atoms with Crippen LogP contribution in [0.3, 0.4) is 0 Å². The minimum absolute atomic E-state index is 0.0482. The number of aliphatic hydroxyl groups is 1. The normalized spacial score (nSPS) is 11.5. The molecular weight excluding hydrogens is 206 g/mol. The molecule has 0 aliphatic rings. The van der Waals surface area contributed by atoms with Crippen molar-refractivity contribution in [3.05, 3.63) is 24.0 Å². The molecule has 1 aromatic heterocycles. The summed E-state index contributed by atoms with van der Waals surface area (Å²) in [6.45, 7) is 7.01. The van der Waals surface area contributed by atoms with Crippen LogP contribution in [0.5, 0.6) is 5.75 Å². The fourth-order valence-corrected chi connectivity index (χ4v) is 1.10. The minimum atomic E-state index is -0.137. The van der Waals surface area contributed by atoms with Gasteiger partial charge in [-0.15, -0.1) is 0 Å². The summed E-state index contributed by atoms with van der Waals surface area (Å²) in [5.41, 5.74) is 0.501. The van der Waals surface area contributed by atoms with E-state index in [0.717, 1.165) is 0 Å². The van der Waals surface area contributed by atoms with Crippen LogP contribution >= 0.6 is 0 Å². The number of ether oxygens (including phenoxy) is 2. The summed E-state index contributed by atoms with van der Waals surface area (Å²) in [6.07, 6.45) is 1.60. The maximum Gasteiger partial charge on any atom is 0.137 e. The molecule has 0 unspecified atom stereocenters. The lowest BCUT2D eigenvalue weighted by atomic mass is 10.2. The number of aliphatic hydroxyl groups excluding tert-OH is 1. The Labute approximate surface area is 96.2 Å². The van der Waals surface area contributed by atoms with E-state index in [1.165, 1.54) is 0 Å². The third-order valence-corrected chi connectivity index (χ3v) is 1.85. The largest absolute Gasteiger partial charge is 0.490 e. The molecule has 0 amide bonds. The monoisotopic (exact) mass is 225 g/mol. The number of rotatable bonds is 5. The van der Waals surface area contributed by atoms with Crippen molar-refractivity contribution in [1.82, 2.24) is 4.98 Å². The quantitative estimate of drug-likeness (QED) is 0.776. The van der Waals surface area contributed by atoms with Crippen molar-refractivity contribution < 1.29 is 14.6 Å². The molecular formula is C12H19NO3. The van der Waals surface area contributed by atoms with Gasteiger partial charge in [0.05, 0.1) is 30.7 Å². The first-order valence-corrected chi connectivity index (χ1v) is 5.34. The third-order valence-electron chi connectivity index (χ3n) is 1.85. The van der Waals surface area contributed by atoms with Gasteiger partial charge in [0.1, 0.15) is 12.4 Å². The molecule has 1 rings (SSSR count). The Morgan fingerprint density at radius 1 is 1.25 bits per heavy atom. The second kappa shape index (κ2) is 5.82. The highest BCUT2D eigenvalue weighted by molar-refractivity contribution is 5.19. The van der Waals surface area contributed by atoms with Crippen LogP contribution in [-0.4, -0.2) is 28.9 Å². The molecule has 1 heterocycles. The molecule has 0 bridgehead atoms. The predicted octanol–water partition coefficient (Wildman–Crippen LogP) is 1.77. The molecule has 0 aliphatic heterocycles. The van der Waals surface area contributed by atoms with E-state index in [9.17, 15) is 0 Å². The second-order valence-electron chi connectivity index (χ2n) is 4.45. The van der Waals surface area contributed by atoms with Gasteiger partial charge in [0.2, 0.25) is 0 Å². The summed E-state index contributed by atoms with van der Waals surface area (Å²) in [5.74, 6) is 0.690. The summed E-state index contributed by atoms with van der Waals surface area (Å²) in [6, 6.07) is 3.52. The first-order valence-electron chi connectivity index (χ1n) is 5.34. The molecule has 0 radical (unpaired) electrons. The molecule has 0 saturated heterocycles. The smallest absolute Gasteiger partial charge is 0.137 e. The Hall–Kier alpha value is -1.13. The Morgan fingerprint density at radius 3 is 2.50 bits per heavy atom. The minimum Gasteiger partial charge on any atom is -0.490 e. The first kappa shape index (κ1) is 12.9. The zero-order chi connectivity index (χ0) is 12.0. The highest BCUT2D eigenvalue weighted by Gasteiger charge is 2.09. The van der Waals surface area contributed by atoms with Crippen molar-refractivity contribution in [3.63, 3.8) is 0 Å². The van der Waals surface area contributed by atoms with Gasteiger partial charge >= 0.3 is 0 Å². The lowest BCUT2D eigenvalue weighted by Crippen LogP contribution is -2.22. The van der Waals surface area contributed by atoms with Crippen molar-refractivity contribution in [2.24, 2.45) is 0 Å². The van der Waals surface area contributed by atoms with Crippen molar-refractivity contribution in [2.75, 3.05) is 13.2 Å². The van der Waals surface area contributed by atoms with Crippen LogP contribution in [0.15, 0.2) is 18.3 Å².